The van der Waals surface area contributed by atoms with Crippen LogP contribution in [0.15, 0.2) is 23.5 Å². The van der Waals surface area contributed by atoms with Crippen molar-refractivity contribution in [2.75, 3.05) is 6.54 Å². The molecule has 2 atom stereocenters. The van der Waals surface area contributed by atoms with E-state index in [1.165, 1.54) is 12.2 Å². The van der Waals surface area contributed by atoms with Crippen LogP contribution in [0.2, 0.25) is 0 Å². The summed E-state index contributed by atoms with van der Waals surface area (Å²) in [6, 6.07) is -0.0821. The Morgan fingerprint density at radius 1 is 1.67 bits per heavy atom. The molecule has 2 aliphatic heterocycles. The Hall–Kier alpha value is -1.62. The van der Waals surface area contributed by atoms with E-state index in [2.05, 4.69) is 5.32 Å². The highest BCUT2D eigenvalue weighted by Gasteiger charge is 2.37. The molecule has 0 aromatic rings. The highest BCUT2D eigenvalue weighted by molar-refractivity contribution is 6.00. The molecule has 2 aliphatic rings. The van der Waals surface area contributed by atoms with Crippen LogP contribution >= 0.6 is 0 Å². The van der Waals surface area contributed by atoms with E-state index in [1.807, 2.05) is 4.90 Å². The number of aliphatic hydroxyl groups is 1. The largest absolute Gasteiger partial charge is 0.389 e. The van der Waals surface area contributed by atoms with Crippen LogP contribution in [0.1, 0.15) is 26.7 Å². The monoisotopic (exact) mass is 250 g/mol. The maximum Gasteiger partial charge on any atom is 0.252 e. The molecule has 98 valence electrons. The van der Waals surface area contributed by atoms with Crippen LogP contribution in [0.3, 0.4) is 0 Å². The SMILES string of the molecule is C/C(=C\[C@H](C)O)C(=O)NC1=CC(=O)C2CCCN12. The summed E-state index contributed by atoms with van der Waals surface area (Å²) < 4.78 is 0. The summed E-state index contributed by atoms with van der Waals surface area (Å²) in [5, 5.41) is 11.9. The Labute approximate surface area is 106 Å². The van der Waals surface area contributed by atoms with E-state index < -0.39 is 6.10 Å². The second kappa shape index (κ2) is 4.94. The first-order valence-corrected chi connectivity index (χ1v) is 6.19. The molecule has 0 aliphatic carbocycles. The van der Waals surface area contributed by atoms with Crippen LogP contribution in [-0.2, 0) is 9.59 Å². The molecular formula is C13H18N2O3. The Bertz CT molecular complexity index is 438. The number of nitrogens with zero attached hydrogens (tertiary/aromatic N) is 1. The quantitative estimate of drug-likeness (QED) is 0.708. The van der Waals surface area contributed by atoms with E-state index in [1.54, 1.807) is 13.8 Å². The van der Waals surface area contributed by atoms with E-state index in [0.29, 0.717) is 11.4 Å². The van der Waals surface area contributed by atoms with Crippen LogP contribution in [0, 0.1) is 0 Å². The second-order valence-electron chi connectivity index (χ2n) is 4.83. The zero-order valence-electron chi connectivity index (χ0n) is 10.6. The molecule has 1 amide bonds. The van der Waals surface area contributed by atoms with Gasteiger partial charge in [0.1, 0.15) is 5.82 Å². The molecule has 0 aromatic carbocycles. The van der Waals surface area contributed by atoms with Gasteiger partial charge >= 0.3 is 0 Å². The number of carbonyl (C=O) groups excluding carboxylic acids is 2. The molecule has 18 heavy (non-hydrogen) atoms. The van der Waals surface area contributed by atoms with Crippen LogP contribution in [-0.4, -0.2) is 40.4 Å². The van der Waals surface area contributed by atoms with Gasteiger partial charge in [-0.1, -0.05) is 0 Å². The van der Waals surface area contributed by atoms with E-state index in [-0.39, 0.29) is 17.7 Å². The normalized spacial score (nSPS) is 24.9. The van der Waals surface area contributed by atoms with Gasteiger partial charge in [-0.3, -0.25) is 9.59 Å². The summed E-state index contributed by atoms with van der Waals surface area (Å²) in [7, 11) is 0. The number of ketones is 1. The molecule has 0 radical (unpaired) electrons. The maximum absolute atomic E-state index is 11.9. The molecule has 0 aromatic heterocycles. The zero-order valence-corrected chi connectivity index (χ0v) is 10.6. The summed E-state index contributed by atoms with van der Waals surface area (Å²) in [4.78, 5) is 25.5. The Kier molecular flexibility index (Phi) is 3.52. The number of aliphatic hydroxyl groups excluding tert-OH is 1. The van der Waals surface area contributed by atoms with Gasteiger partial charge in [0, 0.05) is 18.2 Å². The lowest BCUT2D eigenvalue weighted by molar-refractivity contribution is -0.118. The molecule has 2 heterocycles. The predicted molar refractivity (Wildman–Crippen MR) is 66.4 cm³/mol. The van der Waals surface area contributed by atoms with E-state index in [9.17, 15) is 14.7 Å². The van der Waals surface area contributed by atoms with Gasteiger partial charge in [0.05, 0.1) is 12.1 Å². The molecule has 0 spiro atoms. The number of nitrogens with one attached hydrogen (secondary N) is 1. The maximum atomic E-state index is 11.9. The first-order valence-electron chi connectivity index (χ1n) is 6.19. The minimum atomic E-state index is -0.658. The lowest BCUT2D eigenvalue weighted by atomic mass is 10.2. The van der Waals surface area contributed by atoms with Crippen molar-refractivity contribution in [3.05, 3.63) is 23.5 Å². The fraction of sp³-hybridized carbons (Fsp3) is 0.538. The van der Waals surface area contributed by atoms with E-state index >= 15 is 0 Å². The number of carbonyl (C=O) groups is 2. The Morgan fingerprint density at radius 2 is 2.39 bits per heavy atom. The number of hydrogen-bond acceptors (Lipinski definition) is 4. The summed E-state index contributed by atoms with van der Waals surface area (Å²) in [5.41, 5.74) is 0.445. The third-order valence-corrected chi connectivity index (χ3v) is 3.26. The summed E-state index contributed by atoms with van der Waals surface area (Å²) in [6.45, 7) is 4.04. The highest BCUT2D eigenvalue weighted by Crippen LogP contribution is 2.27. The van der Waals surface area contributed by atoms with Crippen LogP contribution < -0.4 is 5.32 Å². The van der Waals surface area contributed by atoms with E-state index in [0.717, 1.165) is 19.4 Å². The van der Waals surface area contributed by atoms with Crippen LogP contribution in [0.5, 0.6) is 0 Å². The van der Waals surface area contributed by atoms with Crippen molar-refractivity contribution in [2.24, 2.45) is 0 Å². The van der Waals surface area contributed by atoms with Crippen molar-refractivity contribution in [1.82, 2.24) is 10.2 Å². The fourth-order valence-electron chi connectivity index (χ4n) is 2.42. The number of hydrogen-bond donors (Lipinski definition) is 2. The molecule has 0 bridgehead atoms. The summed E-state index contributed by atoms with van der Waals surface area (Å²) >= 11 is 0. The van der Waals surface area contributed by atoms with E-state index in [4.69, 9.17) is 0 Å². The number of fused-ring (bicyclic) bond motifs is 1. The van der Waals surface area contributed by atoms with Gasteiger partial charge in [0.25, 0.3) is 5.91 Å². The number of rotatable bonds is 3. The van der Waals surface area contributed by atoms with Crippen molar-refractivity contribution >= 4 is 11.7 Å². The van der Waals surface area contributed by atoms with Crippen LogP contribution in [0.25, 0.3) is 0 Å². The summed E-state index contributed by atoms with van der Waals surface area (Å²) in [6.07, 6.45) is 4.16. The smallest absolute Gasteiger partial charge is 0.252 e. The first-order chi connectivity index (χ1) is 8.49. The molecule has 1 unspecified atom stereocenters. The average Bonchev–Trinajstić information content (AvgIpc) is 2.83. The fourth-order valence-corrected chi connectivity index (χ4v) is 2.42. The van der Waals surface area contributed by atoms with Crippen molar-refractivity contribution < 1.29 is 14.7 Å². The molecule has 5 nitrogen and oxygen atoms in total. The first kappa shape index (κ1) is 12.8. The van der Waals surface area contributed by atoms with Crippen molar-refractivity contribution in [2.45, 2.75) is 38.8 Å². The van der Waals surface area contributed by atoms with Gasteiger partial charge in [0.15, 0.2) is 5.78 Å². The molecular weight excluding hydrogens is 232 g/mol. The second-order valence-corrected chi connectivity index (χ2v) is 4.83. The number of amides is 1. The Morgan fingerprint density at radius 3 is 3.06 bits per heavy atom. The topological polar surface area (TPSA) is 69.6 Å². The summed E-state index contributed by atoms with van der Waals surface area (Å²) in [5.74, 6) is 0.383. The van der Waals surface area contributed by atoms with Gasteiger partial charge < -0.3 is 15.3 Å². The van der Waals surface area contributed by atoms with Gasteiger partial charge in [-0.25, -0.2) is 0 Å². The Balaban J connectivity index is 2.04. The van der Waals surface area contributed by atoms with Gasteiger partial charge in [0.2, 0.25) is 0 Å². The van der Waals surface area contributed by atoms with Crippen molar-refractivity contribution in [3.8, 4) is 0 Å². The minimum Gasteiger partial charge on any atom is -0.389 e. The van der Waals surface area contributed by atoms with Crippen molar-refractivity contribution in [3.63, 3.8) is 0 Å². The molecule has 5 heteroatoms. The molecule has 0 saturated carbocycles. The highest BCUT2D eigenvalue weighted by atomic mass is 16.3. The zero-order chi connectivity index (χ0) is 13.3. The lowest BCUT2D eigenvalue weighted by Gasteiger charge is -2.21. The van der Waals surface area contributed by atoms with Gasteiger partial charge in [-0.15, -0.1) is 0 Å². The minimum absolute atomic E-state index is 0.0694. The van der Waals surface area contributed by atoms with Gasteiger partial charge in [-0.05, 0) is 32.8 Å². The van der Waals surface area contributed by atoms with Crippen LogP contribution in [0.4, 0.5) is 0 Å². The average molecular weight is 250 g/mol. The lowest BCUT2D eigenvalue weighted by Crippen LogP contribution is -2.35. The molecule has 2 N–H and O–H groups in total. The molecule has 2 rings (SSSR count). The van der Waals surface area contributed by atoms with Gasteiger partial charge in [-0.2, -0.15) is 0 Å². The molecule has 1 fully saturated rings. The third-order valence-electron chi connectivity index (χ3n) is 3.26. The predicted octanol–water partition coefficient (Wildman–Crippen LogP) is 0.318. The molecule has 1 saturated heterocycles. The third kappa shape index (κ3) is 2.46. The standard InChI is InChI=1S/C13H18N2O3/c1-8(6-9(2)16)13(18)14-12-7-11(17)10-4-3-5-15(10)12/h6-7,9-10,16H,3-5H2,1-2H3,(H,14,18)/b8-6+/t9-,10?/m0/s1. The van der Waals surface area contributed by atoms with Crippen molar-refractivity contribution in [1.29, 1.82) is 0 Å².